The molecular formula is C31H29Br2ClN8O4. The van der Waals surface area contributed by atoms with Crippen molar-refractivity contribution in [3.8, 4) is 11.4 Å². The third-order valence-electron chi connectivity index (χ3n) is 6.16. The highest BCUT2D eigenvalue weighted by atomic mass is 79.9. The lowest BCUT2D eigenvalue weighted by Gasteiger charge is -2.06. The highest BCUT2D eigenvalue weighted by molar-refractivity contribution is 9.10. The van der Waals surface area contributed by atoms with Crippen LogP contribution in [0.2, 0.25) is 5.28 Å². The van der Waals surface area contributed by atoms with Crippen molar-refractivity contribution >= 4 is 77.5 Å². The fourth-order valence-electron chi connectivity index (χ4n) is 4.09. The van der Waals surface area contributed by atoms with Crippen LogP contribution in [0.25, 0.3) is 33.5 Å². The largest absolute Gasteiger partial charge is 0.461 e. The minimum absolute atomic E-state index is 0.000784. The topological polar surface area (TPSA) is 140 Å². The van der Waals surface area contributed by atoms with Gasteiger partial charge >= 0.3 is 11.9 Å². The number of nitrogens with zero attached hydrogens (tertiary/aromatic N) is 8. The lowest BCUT2D eigenvalue weighted by atomic mass is 10.2. The lowest BCUT2D eigenvalue weighted by molar-refractivity contribution is 0.0512. The molecule has 0 aliphatic heterocycles. The zero-order valence-corrected chi connectivity index (χ0v) is 29.5. The normalized spacial score (nSPS) is 10.5. The van der Waals surface area contributed by atoms with E-state index in [2.05, 4.69) is 81.0 Å². The van der Waals surface area contributed by atoms with E-state index in [1.165, 1.54) is 16.4 Å². The summed E-state index contributed by atoms with van der Waals surface area (Å²) in [6.07, 6.45) is 3.09. The Kier molecular flexibility index (Phi) is 11.9. The third-order valence-corrected chi connectivity index (χ3v) is 7.31. The van der Waals surface area contributed by atoms with Crippen LogP contribution in [0.3, 0.4) is 0 Å². The van der Waals surface area contributed by atoms with Crippen LogP contribution in [0.15, 0.2) is 69.9 Å². The average Bonchev–Trinajstić information content (AvgIpc) is 3.59. The van der Waals surface area contributed by atoms with Gasteiger partial charge in [-0.3, -0.25) is 9.36 Å². The predicted molar refractivity (Wildman–Crippen MR) is 182 cm³/mol. The number of halogens is 3. The minimum atomic E-state index is -0.523. The molecule has 0 saturated carbocycles. The molecule has 6 rings (SSSR count). The van der Waals surface area contributed by atoms with Gasteiger partial charge in [0.1, 0.15) is 0 Å². The first-order valence-electron chi connectivity index (χ1n) is 13.9. The molecule has 4 aromatic heterocycles. The van der Waals surface area contributed by atoms with Crippen LogP contribution in [0.4, 0.5) is 0 Å². The van der Waals surface area contributed by atoms with E-state index >= 15 is 0 Å². The van der Waals surface area contributed by atoms with E-state index in [-0.39, 0.29) is 29.9 Å². The Morgan fingerprint density at radius 2 is 1.28 bits per heavy atom. The zero-order valence-electron chi connectivity index (χ0n) is 25.5. The number of carbonyl (C=O) groups is 2. The molecule has 4 heterocycles. The molecule has 6 aromatic rings. The van der Waals surface area contributed by atoms with Crippen LogP contribution >= 0.6 is 43.5 Å². The highest BCUT2D eigenvalue weighted by Gasteiger charge is 2.20. The molecule has 0 unspecified atom stereocenters. The molecule has 0 spiro atoms. The number of fused-ring (bicyclic) bond motifs is 2. The van der Waals surface area contributed by atoms with Gasteiger partial charge in [0.15, 0.2) is 28.5 Å². The number of hydrogen-bond acceptors (Lipinski definition) is 10. The summed E-state index contributed by atoms with van der Waals surface area (Å²) in [5, 5.41) is 9.25. The summed E-state index contributed by atoms with van der Waals surface area (Å²) in [5.41, 5.74) is 3.57. The quantitative estimate of drug-likeness (QED) is 0.134. The average molecular weight is 773 g/mol. The van der Waals surface area contributed by atoms with E-state index in [1.807, 2.05) is 36.4 Å². The molecule has 0 N–H and O–H groups in total. The van der Waals surface area contributed by atoms with Gasteiger partial charge < -0.3 is 9.47 Å². The van der Waals surface area contributed by atoms with Crippen LogP contribution < -0.4 is 0 Å². The van der Waals surface area contributed by atoms with Crippen molar-refractivity contribution in [1.82, 2.24) is 39.5 Å². The Morgan fingerprint density at radius 3 is 1.78 bits per heavy atom. The van der Waals surface area contributed by atoms with Crippen molar-refractivity contribution in [3.05, 3.63) is 92.1 Å². The summed E-state index contributed by atoms with van der Waals surface area (Å²) in [4.78, 5) is 40.5. The maximum Gasteiger partial charge on any atom is 0.357 e. The molecule has 0 saturated heterocycles. The van der Waals surface area contributed by atoms with E-state index in [0.29, 0.717) is 27.9 Å². The molecule has 0 radical (unpaired) electrons. The molecule has 238 valence electrons. The zero-order chi connectivity index (χ0) is 33.4. The number of aromatic nitrogens is 8. The summed E-state index contributed by atoms with van der Waals surface area (Å²) in [7, 11) is 3.48. The molecule has 0 bridgehead atoms. The smallest absolute Gasteiger partial charge is 0.357 e. The highest BCUT2D eigenvalue weighted by Crippen LogP contribution is 2.24. The number of carbonyl (C=O) groups excluding carboxylic acids is 2. The molecule has 0 fully saturated rings. The molecule has 0 atom stereocenters. The lowest BCUT2D eigenvalue weighted by Crippen LogP contribution is -2.10. The van der Waals surface area contributed by atoms with Crippen molar-refractivity contribution < 1.29 is 19.1 Å². The van der Waals surface area contributed by atoms with Crippen molar-refractivity contribution in [1.29, 1.82) is 0 Å². The van der Waals surface area contributed by atoms with E-state index in [1.54, 1.807) is 38.8 Å². The fraction of sp³-hybridized carbons (Fsp3) is 0.226. The van der Waals surface area contributed by atoms with Crippen LogP contribution in [-0.4, -0.2) is 64.6 Å². The summed E-state index contributed by atoms with van der Waals surface area (Å²) < 4.78 is 15.2. The minimum Gasteiger partial charge on any atom is -0.461 e. The Balaban J connectivity index is 0.000000174. The van der Waals surface area contributed by atoms with Gasteiger partial charge in [0.2, 0.25) is 5.28 Å². The second-order valence-electron chi connectivity index (χ2n) is 9.50. The molecule has 0 aliphatic rings. The molecule has 46 heavy (non-hydrogen) atoms. The SMILES string of the molecule is CCOC(=O)c1nc(-c2cccc(Br)c2)nc2c1cnn2C.CCOC(=O)c1nc(Cl)nc2c1cnn2C.Cc1cccc(Br)c1. The van der Waals surface area contributed by atoms with E-state index in [4.69, 9.17) is 21.1 Å². The van der Waals surface area contributed by atoms with Gasteiger partial charge in [0, 0.05) is 28.6 Å². The van der Waals surface area contributed by atoms with Gasteiger partial charge in [-0.25, -0.2) is 24.5 Å². The Bertz CT molecular complexity index is 2000. The van der Waals surface area contributed by atoms with Gasteiger partial charge in [0.05, 0.1) is 36.4 Å². The van der Waals surface area contributed by atoms with Crippen molar-refractivity contribution in [2.24, 2.45) is 14.1 Å². The van der Waals surface area contributed by atoms with Gasteiger partial charge in [-0.05, 0) is 56.6 Å². The Morgan fingerprint density at radius 1 is 0.761 bits per heavy atom. The molecule has 0 amide bonds. The number of hydrogen-bond donors (Lipinski definition) is 0. The molecule has 2 aromatic carbocycles. The fourth-order valence-corrected chi connectivity index (χ4v) is 5.17. The third kappa shape index (κ3) is 8.50. The summed E-state index contributed by atoms with van der Waals surface area (Å²) >= 11 is 12.5. The first-order chi connectivity index (χ1) is 22.0. The van der Waals surface area contributed by atoms with Crippen molar-refractivity contribution in [2.45, 2.75) is 20.8 Å². The maximum atomic E-state index is 12.2. The maximum absolute atomic E-state index is 12.2. The Labute approximate surface area is 286 Å². The number of rotatable bonds is 5. The van der Waals surface area contributed by atoms with Gasteiger partial charge in [-0.15, -0.1) is 0 Å². The van der Waals surface area contributed by atoms with Crippen molar-refractivity contribution in [3.63, 3.8) is 0 Å². The predicted octanol–water partition coefficient (Wildman–Crippen LogP) is 6.92. The summed E-state index contributed by atoms with van der Waals surface area (Å²) in [5.74, 6) is -0.538. The summed E-state index contributed by atoms with van der Waals surface area (Å²) in [6, 6.07) is 15.8. The monoisotopic (exact) mass is 770 g/mol. The Hall–Kier alpha value is -4.27. The first-order valence-corrected chi connectivity index (χ1v) is 15.9. The molecule has 15 heteroatoms. The number of esters is 2. The summed E-state index contributed by atoms with van der Waals surface area (Å²) in [6.45, 7) is 6.12. The van der Waals surface area contributed by atoms with E-state index < -0.39 is 11.9 Å². The number of ether oxygens (including phenoxy) is 2. The van der Waals surface area contributed by atoms with Crippen LogP contribution in [-0.2, 0) is 23.6 Å². The van der Waals surface area contributed by atoms with Crippen molar-refractivity contribution in [2.75, 3.05) is 13.2 Å². The van der Waals surface area contributed by atoms with E-state index in [0.717, 1.165) is 14.5 Å². The number of benzene rings is 2. The van der Waals surface area contributed by atoms with Crippen LogP contribution in [0.1, 0.15) is 40.4 Å². The standard InChI is InChI=1S/C15H13BrN4O2.C9H9ClN4O2.C7H7Br/c1-3-22-15(21)12-11-8-17-20(2)14(11)19-13(18-12)9-5-4-6-10(16)7-9;1-3-16-8(15)6-5-4-11-14(2)7(5)13-9(10)12-6;1-6-3-2-4-7(8)5-6/h4-8H,3H2,1-2H3;4H,3H2,1-2H3;2-5H,1H3. The van der Waals surface area contributed by atoms with Crippen LogP contribution in [0, 0.1) is 6.92 Å². The van der Waals surface area contributed by atoms with Crippen LogP contribution in [0.5, 0.6) is 0 Å². The molecule has 12 nitrogen and oxygen atoms in total. The second kappa shape index (κ2) is 15.8. The first kappa shape index (κ1) is 34.6. The van der Waals surface area contributed by atoms with Gasteiger partial charge in [-0.1, -0.05) is 61.7 Å². The van der Waals surface area contributed by atoms with Gasteiger partial charge in [-0.2, -0.15) is 15.2 Å². The number of aryl methyl sites for hydroxylation is 3. The molecular weight excluding hydrogens is 744 g/mol. The van der Waals surface area contributed by atoms with Gasteiger partial charge in [0.25, 0.3) is 0 Å². The second-order valence-corrected chi connectivity index (χ2v) is 11.7. The van der Waals surface area contributed by atoms with E-state index in [9.17, 15) is 9.59 Å². The molecule has 0 aliphatic carbocycles.